The topological polar surface area (TPSA) is 55.9 Å². The highest BCUT2D eigenvalue weighted by Crippen LogP contribution is 2.28. The number of rotatable bonds is 1. The van der Waals surface area contributed by atoms with Gasteiger partial charge < -0.3 is 11.1 Å². The van der Waals surface area contributed by atoms with Crippen molar-refractivity contribution >= 4 is 5.69 Å². The van der Waals surface area contributed by atoms with Crippen molar-refractivity contribution in [1.82, 2.24) is 15.1 Å². The molecule has 0 spiro atoms. The molecular formula is C8H14N4. The van der Waals surface area contributed by atoms with Crippen molar-refractivity contribution in [2.24, 2.45) is 0 Å². The highest BCUT2D eigenvalue weighted by atomic mass is 15.3. The summed E-state index contributed by atoms with van der Waals surface area (Å²) in [4.78, 5) is 0. The van der Waals surface area contributed by atoms with Crippen LogP contribution in [0, 0.1) is 0 Å². The minimum atomic E-state index is 0.390. The van der Waals surface area contributed by atoms with Crippen molar-refractivity contribution in [1.29, 1.82) is 0 Å². The summed E-state index contributed by atoms with van der Waals surface area (Å²) >= 11 is 0. The minimum Gasteiger partial charge on any atom is -0.396 e. The maximum absolute atomic E-state index is 5.80. The Hall–Kier alpha value is -1.03. The molecule has 2 heterocycles. The summed E-state index contributed by atoms with van der Waals surface area (Å²) in [5, 5.41) is 7.45. The summed E-state index contributed by atoms with van der Waals surface area (Å²) in [7, 11) is 1.97. The molecule has 1 aromatic rings. The second kappa shape index (κ2) is 2.79. The largest absolute Gasteiger partial charge is 0.396 e. The Balaban J connectivity index is 2.41. The van der Waals surface area contributed by atoms with Gasteiger partial charge in [0.25, 0.3) is 0 Å². The number of hydrogen-bond donors (Lipinski definition) is 2. The van der Waals surface area contributed by atoms with E-state index < -0.39 is 0 Å². The summed E-state index contributed by atoms with van der Waals surface area (Å²) in [5.41, 5.74) is 7.77. The molecule has 1 unspecified atom stereocenters. The predicted molar refractivity (Wildman–Crippen MR) is 47.7 cm³/mol. The van der Waals surface area contributed by atoms with E-state index in [0.29, 0.717) is 6.04 Å². The molecule has 4 heteroatoms. The van der Waals surface area contributed by atoms with Gasteiger partial charge in [-0.05, 0) is 19.9 Å². The summed E-state index contributed by atoms with van der Waals surface area (Å²) in [6, 6.07) is 0.390. The third-order valence-electron chi connectivity index (χ3n) is 2.45. The number of nitrogens with two attached hydrogens (primary N) is 1. The number of nitrogen functional groups attached to an aromatic ring is 1. The molecule has 0 saturated carbocycles. The summed E-state index contributed by atoms with van der Waals surface area (Å²) in [6.45, 7) is 1.00. The number of aryl methyl sites for hydroxylation is 1. The smallest absolute Gasteiger partial charge is 0.0782 e. The third kappa shape index (κ3) is 0.992. The highest BCUT2D eigenvalue weighted by molar-refractivity contribution is 5.43. The standard InChI is InChI=1S/C8H14N4/c1-10-7-3-2-4-12-8(7)6(9)5-11-12/h5,7,10H,2-4,9H2,1H3. The molecule has 4 nitrogen and oxygen atoms in total. The molecule has 66 valence electrons. The van der Waals surface area contributed by atoms with Crippen LogP contribution in [0.1, 0.15) is 24.6 Å². The Morgan fingerprint density at radius 1 is 1.75 bits per heavy atom. The lowest BCUT2D eigenvalue weighted by molar-refractivity contribution is 0.394. The summed E-state index contributed by atoms with van der Waals surface area (Å²) in [5.74, 6) is 0. The molecule has 0 amide bonds. The first-order chi connectivity index (χ1) is 5.83. The SMILES string of the molecule is CNC1CCCn2ncc(N)c21. The van der Waals surface area contributed by atoms with Crippen LogP contribution >= 0.6 is 0 Å². The zero-order valence-electron chi connectivity index (χ0n) is 7.25. The van der Waals surface area contributed by atoms with Gasteiger partial charge in [0, 0.05) is 6.54 Å². The quantitative estimate of drug-likeness (QED) is 0.639. The van der Waals surface area contributed by atoms with Crippen molar-refractivity contribution in [3.8, 4) is 0 Å². The van der Waals surface area contributed by atoms with E-state index in [1.807, 2.05) is 11.7 Å². The van der Waals surface area contributed by atoms with Gasteiger partial charge in [-0.2, -0.15) is 5.10 Å². The number of nitrogens with one attached hydrogen (secondary N) is 1. The van der Waals surface area contributed by atoms with E-state index in [1.54, 1.807) is 6.20 Å². The van der Waals surface area contributed by atoms with Crippen LogP contribution in [0.5, 0.6) is 0 Å². The van der Waals surface area contributed by atoms with Gasteiger partial charge in [0.05, 0.1) is 23.6 Å². The van der Waals surface area contributed by atoms with Gasteiger partial charge in [-0.25, -0.2) is 0 Å². The molecule has 0 aromatic carbocycles. The van der Waals surface area contributed by atoms with Crippen LogP contribution in [0.15, 0.2) is 6.20 Å². The second-order valence-electron chi connectivity index (χ2n) is 3.19. The van der Waals surface area contributed by atoms with Crippen LogP contribution in [0.3, 0.4) is 0 Å². The maximum atomic E-state index is 5.80. The molecule has 12 heavy (non-hydrogen) atoms. The van der Waals surface area contributed by atoms with Gasteiger partial charge >= 0.3 is 0 Å². The maximum Gasteiger partial charge on any atom is 0.0782 e. The number of aromatic nitrogens is 2. The Morgan fingerprint density at radius 2 is 2.58 bits per heavy atom. The monoisotopic (exact) mass is 166 g/mol. The van der Waals surface area contributed by atoms with Gasteiger partial charge in [-0.3, -0.25) is 4.68 Å². The summed E-state index contributed by atoms with van der Waals surface area (Å²) in [6.07, 6.45) is 4.08. The molecule has 0 fully saturated rings. The van der Waals surface area contributed by atoms with Crippen LogP contribution in [0.4, 0.5) is 5.69 Å². The Kier molecular flexibility index (Phi) is 1.77. The Labute approximate surface area is 71.7 Å². The average molecular weight is 166 g/mol. The van der Waals surface area contributed by atoms with E-state index >= 15 is 0 Å². The van der Waals surface area contributed by atoms with Gasteiger partial charge in [-0.1, -0.05) is 0 Å². The predicted octanol–water partition coefficient (Wildman–Crippen LogP) is 0.520. The molecule has 3 N–H and O–H groups in total. The number of fused-ring (bicyclic) bond motifs is 1. The fourth-order valence-electron chi connectivity index (χ4n) is 1.83. The van der Waals surface area contributed by atoms with Crippen LogP contribution in [0.25, 0.3) is 0 Å². The lowest BCUT2D eigenvalue weighted by atomic mass is 10.0. The zero-order valence-corrected chi connectivity index (χ0v) is 7.25. The molecule has 2 rings (SSSR count). The molecule has 1 aromatic heterocycles. The first kappa shape index (κ1) is 7.61. The van der Waals surface area contributed by atoms with Crippen LogP contribution in [-0.4, -0.2) is 16.8 Å². The number of hydrogen-bond acceptors (Lipinski definition) is 3. The minimum absolute atomic E-state index is 0.390. The van der Waals surface area contributed by atoms with E-state index in [4.69, 9.17) is 5.73 Å². The molecule has 0 aliphatic carbocycles. The van der Waals surface area contributed by atoms with E-state index in [2.05, 4.69) is 10.4 Å². The van der Waals surface area contributed by atoms with E-state index in [-0.39, 0.29) is 0 Å². The van der Waals surface area contributed by atoms with Crippen molar-refractivity contribution in [3.05, 3.63) is 11.9 Å². The molecule has 0 saturated heterocycles. The number of nitrogens with zero attached hydrogens (tertiary/aromatic N) is 2. The Morgan fingerprint density at radius 3 is 3.33 bits per heavy atom. The Bertz CT molecular complexity index is 279. The molecule has 1 aliphatic rings. The highest BCUT2D eigenvalue weighted by Gasteiger charge is 2.21. The van der Waals surface area contributed by atoms with Crippen LogP contribution in [0.2, 0.25) is 0 Å². The lowest BCUT2D eigenvalue weighted by Gasteiger charge is -2.23. The van der Waals surface area contributed by atoms with Crippen molar-refractivity contribution in [3.63, 3.8) is 0 Å². The third-order valence-corrected chi connectivity index (χ3v) is 2.45. The van der Waals surface area contributed by atoms with Crippen LogP contribution < -0.4 is 11.1 Å². The first-order valence-electron chi connectivity index (χ1n) is 4.31. The van der Waals surface area contributed by atoms with Crippen LogP contribution in [-0.2, 0) is 6.54 Å². The van der Waals surface area contributed by atoms with E-state index in [9.17, 15) is 0 Å². The molecule has 1 atom stereocenters. The van der Waals surface area contributed by atoms with Gasteiger partial charge in [0.1, 0.15) is 0 Å². The second-order valence-corrected chi connectivity index (χ2v) is 3.19. The molecule has 0 bridgehead atoms. The lowest BCUT2D eigenvalue weighted by Crippen LogP contribution is -2.25. The zero-order chi connectivity index (χ0) is 8.55. The summed E-state index contributed by atoms with van der Waals surface area (Å²) < 4.78 is 2.00. The molecular weight excluding hydrogens is 152 g/mol. The van der Waals surface area contributed by atoms with Crippen molar-refractivity contribution in [2.45, 2.75) is 25.4 Å². The van der Waals surface area contributed by atoms with Crippen molar-refractivity contribution in [2.75, 3.05) is 12.8 Å². The van der Waals surface area contributed by atoms with Gasteiger partial charge in [0.2, 0.25) is 0 Å². The van der Waals surface area contributed by atoms with Gasteiger partial charge in [0.15, 0.2) is 0 Å². The fraction of sp³-hybridized carbons (Fsp3) is 0.625. The first-order valence-corrected chi connectivity index (χ1v) is 4.31. The average Bonchev–Trinajstić information content (AvgIpc) is 2.48. The normalized spacial score (nSPS) is 22.2. The van der Waals surface area contributed by atoms with E-state index in [0.717, 1.165) is 24.3 Å². The molecule has 1 aliphatic heterocycles. The van der Waals surface area contributed by atoms with Gasteiger partial charge in [-0.15, -0.1) is 0 Å². The van der Waals surface area contributed by atoms with E-state index in [1.165, 1.54) is 6.42 Å². The fourth-order valence-corrected chi connectivity index (χ4v) is 1.83. The molecule has 0 radical (unpaired) electrons. The van der Waals surface area contributed by atoms with Crippen molar-refractivity contribution < 1.29 is 0 Å². The number of anilines is 1.